The Morgan fingerprint density at radius 3 is 1.68 bits per heavy atom. The molecule has 0 amide bonds. The summed E-state index contributed by atoms with van der Waals surface area (Å²) >= 11 is 3.37. The third-order valence-electron chi connectivity index (χ3n) is 4.01. The van der Waals surface area contributed by atoms with Crippen molar-refractivity contribution in [1.82, 2.24) is 0 Å². The third-order valence-corrected chi connectivity index (χ3v) is 4.57. The fourth-order valence-corrected chi connectivity index (χ4v) is 3.05. The number of hydrogen-bond donors (Lipinski definition) is 0. The Hall–Kier alpha value is -2.39. The van der Waals surface area contributed by atoms with Crippen molar-refractivity contribution < 1.29 is 4.79 Å². The van der Waals surface area contributed by atoms with Gasteiger partial charge in [0.15, 0.2) is 5.78 Å². The van der Waals surface area contributed by atoms with Crippen molar-refractivity contribution in [2.45, 2.75) is 12.8 Å². The second kappa shape index (κ2) is 8.63. The Kier molecular flexibility index (Phi) is 6.02. The number of halogens is 1. The first kappa shape index (κ1) is 17.4. The lowest BCUT2D eigenvalue weighted by Crippen LogP contribution is -2.10. The van der Waals surface area contributed by atoms with Gasteiger partial charge in [-0.25, -0.2) is 0 Å². The van der Waals surface area contributed by atoms with Crippen molar-refractivity contribution in [3.05, 3.63) is 90.5 Å². The first-order valence-electron chi connectivity index (χ1n) is 8.39. The molecular weight excluding hydrogens is 374 g/mol. The second-order valence-corrected chi connectivity index (χ2v) is 6.56. The summed E-state index contributed by atoms with van der Waals surface area (Å²) in [6, 6.07) is 28.4. The van der Waals surface area contributed by atoms with Crippen LogP contribution in [-0.4, -0.2) is 11.1 Å². The number of hydrogen-bond acceptors (Lipinski definition) is 2. The highest BCUT2D eigenvalue weighted by Crippen LogP contribution is 2.34. The van der Waals surface area contributed by atoms with Gasteiger partial charge < -0.3 is 4.90 Å². The average Bonchev–Trinajstić information content (AvgIpc) is 2.68. The summed E-state index contributed by atoms with van der Waals surface area (Å²) < 4.78 is 0. The highest BCUT2D eigenvalue weighted by Gasteiger charge is 2.12. The minimum absolute atomic E-state index is 0.192. The van der Waals surface area contributed by atoms with E-state index in [-0.39, 0.29) is 5.78 Å². The molecule has 3 aromatic carbocycles. The number of rotatable bonds is 7. The summed E-state index contributed by atoms with van der Waals surface area (Å²) in [7, 11) is 0. The lowest BCUT2D eigenvalue weighted by atomic mass is 10.1. The van der Waals surface area contributed by atoms with Gasteiger partial charge in [-0.3, -0.25) is 4.79 Å². The molecule has 0 aliphatic carbocycles. The third kappa shape index (κ3) is 4.37. The Balaban J connectivity index is 1.93. The van der Waals surface area contributed by atoms with E-state index in [0.717, 1.165) is 34.4 Å². The normalized spacial score (nSPS) is 10.4. The SMILES string of the molecule is O=C(CCCBr)c1ccc(N(c2ccccc2)c2ccccc2)cc1. The Morgan fingerprint density at radius 2 is 1.20 bits per heavy atom. The van der Waals surface area contributed by atoms with Crippen molar-refractivity contribution in [2.75, 3.05) is 10.2 Å². The molecule has 0 unspecified atom stereocenters. The lowest BCUT2D eigenvalue weighted by molar-refractivity contribution is 0.0982. The van der Waals surface area contributed by atoms with Crippen LogP contribution in [0.5, 0.6) is 0 Å². The molecule has 3 rings (SSSR count). The first-order valence-corrected chi connectivity index (χ1v) is 9.51. The molecule has 0 aliphatic rings. The first-order chi connectivity index (χ1) is 12.3. The molecule has 0 saturated heterocycles. The quantitative estimate of drug-likeness (QED) is 0.336. The number of anilines is 3. The highest BCUT2D eigenvalue weighted by molar-refractivity contribution is 9.09. The molecule has 0 aliphatic heterocycles. The van der Waals surface area contributed by atoms with E-state index in [2.05, 4.69) is 45.1 Å². The van der Waals surface area contributed by atoms with E-state index in [9.17, 15) is 4.79 Å². The minimum Gasteiger partial charge on any atom is -0.311 e. The van der Waals surface area contributed by atoms with Gasteiger partial charge in [-0.1, -0.05) is 52.3 Å². The van der Waals surface area contributed by atoms with Crippen molar-refractivity contribution in [1.29, 1.82) is 0 Å². The van der Waals surface area contributed by atoms with E-state index >= 15 is 0 Å². The van der Waals surface area contributed by atoms with Crippen molar-refractivity contribution >= 4 is 38.8 Å². The molecular formula is C22H20BrNO. The zero-order chi connectivity index (χ0) is 17.5. The van der Waals surface area contributed by atoms with E-state index in [1.165, 1.54) is 0 Å². The number of ketones is 1. The van der Waals surface area contributed by atoms with Gasteiger partial charge in [-0.15, -0.1) is 0 Å². The van der Waals surface area contributed by atoms with Crippen LogP contribution in [0, 0.1) is 0 Å². The van der Waals surface area contributed by atoms with E-state index in [1.807, 2.05) is 60.7 Å². The van der Waals surface area contributed by atoms with Crippen molar-refractivity contribution in [3.8, 4) is 0 Å². The highest BCUT2D eigenvalue weighted by atomic mass is 79.9. The summed E-state index contributed by atoms with van der Waals surface area (Å²) in [4.78, 5) is 14.4. The molecule has 0 atom stereocenters. The maximum Gasteiger partial charge on any atom is 0.162 e. The van der Waals surface area contributed by atoms with Crippen LogP contribution in [0.25, 0.3) is 0 Å². The molecule has 0 bridgehead atoms. The van der Waals surface area contributed by atoms with Crippen LogP contribution in [0.2, 0.25) is 0 Å². The molecule has 3 aromatic rings. The van der Waals surface area contributed by atoms with E-state index in [4.69, 9.17) is 0 Å². The summed E-state index contributed by atoms with van der Waals surface area (Å²) in [6.45, 7) is 0. The summed E-state index contributed by atoms with van der Waals surface area (Å²) in [5, 5.41) is 0.854. The number of para-hydroxylation sites is 2. The van der Waals surface area contributed by atoms with Gasteiger partial charge in [-0.05, 0) is 55.0 Å². The van der Waals surface area contributed by atoms with Gasteiger partial charge >= 0.3 is 0 Å². The van der Waals surface area contributed by atoms with Gasteiger partial charge in [0.25, 0.3) is 0 Å². The van der Waals surface area contributed by atoms with Crippen LogP contribution in [0.1, 0.15) is 23.2 Å². The van der Waals surface area contributed by atoms with Gasteiger partial charge in [0.05, 0.1) is 0 Å². The smallest absolute Gasteiger partial charge is 0.162 e. The average molecular weight is 394 g/mol. The van der Waals surface area contributed by atoms with Gasteiger partial charge in [0.1, 0.15) is 0 Å². The van der Waals surface area contributed by atoms with Gasteiger partial charge in [-0.2, -0.15) is 0 Å². The molecule has 3 heteroatoms. The molecule has 0 N–H and O–H groups in total. The molecule has 126 valence electrons. The molecule has 0 heterocycles. The number of benzene rings is 3. The zero-order valence-electron chi connectivity index (χ0n) is 13.9. The largest absolute Gasteiger partial charge is 0.311 e. The molecule has 0 saturated carbocycles. The van der Waals surface area contributed by atoms with Crippen LogP contribution in [0.3, 0.4) is 0 Å². The maximum atomic E-state index is 12.2. The van der Waals surface area contributed by atoms with Crippen LogP contribution < -0.4 is 4.90 Å². The second-order valence-electron chi connectivity index (χ2n) is 5.77. The molecule has 0 radical (unpaired) electrons. The van der Waals surface area contributed by atoms with E-state index < -0.39 is 0 Å². The predicted molar refractivity (Wildman–Crippen MR) is 108 cm³/mol. The fourth-order valence-electron chi connectivity index (χ4n) is 2.77. The van der Waals surface area contributed by atoms with E-state index in [1.54, 1.807) is 0 Å². The monoisotopic (exact) mass is 393 g/mol. The molecule has 25 heavy (non-hydrogen) atoms. The Morgan fingerprint density at radius 1 is 0.720 bits per heavy atom. The number of nitrogens with zero attached hydrogens (tertiary/aromatic N) is 1. The number of carbonyl (C=O) groups excluding carboxylic acids is 1. The van der Waals surface area contributed by atoms with Crippen LogP contribution in [0.4, 0.5) is 17.1 Å². The topological polar surface area (TPSA) is 20.3 Å². The maximum absolute atomic E-state index is 12.2. The van der Waals surface area contributed by atoms with Crippen LogP contribution in [-0.2, 0) is 0 Å². The summed E-state index contributed by atoms with van der Waals surface area (Å²) in [6.07, 6.45) is 1.44. The number of alkyl halides is 1. The zero-order valence-corrected chi connectivity index (χ0v) is 15.5. The van der Waals surface area contributed by atoms with Crippen molar-refractivity contribution in [3.63, 3.8) is 0 Å². The van der Waals surface area contributed by atoms with E-state index in [0.29, 0.717) is 6.42 Å². The lowest BCUT2D eigenvalue weighted by Gasteiger charge is -2.25. The van der Waals surface area contributed by atoms with Gasteiger partial charge in [0, 0.05) is 34.4 Å². The standard InChI is InChI=1S/C22H20BrNO/c23-17-7-12-22(25)18-13-15-21(16-14-18)24(19-8-3-1-4-9-19)20-10-5-2-6-11-20/h1-6,8-11,13-16H,7,12,17H2. The molecule has 2 nitrogen and oxygen atoms in total. The number of Topliss-reactive ketones (excluding diaryl/α,β-unsaturated/α-hetero) is 1. The number of carbonyl (C=O) groups is 1. The van der Waals surface area contributed by atoms with Crippen LogP contribution in [0.15, 0.2) is 84.9 Å². The Labute approximate surface area is 157 Å². The molecule has 0 aromatic heterocycles. The molecule has 0 fully saturated rings. The molecule has 0 spiro atoms. The van der Waals surface area contributed by atoms with Crippen molar-refractivity contribution in [2.24, 2.45) is 0 Å². The predicted octanol–water partition coefficient (Wildman–Crippen LogP) is 6.51. The fraction of sp³-hybridized carbons (Fsp3) is 0.136. The minimum atomic E-state index is 0.192. The van der Waals surface area contributed by atoms with Gasteiger partial charge in [0.2, 0.25) is 0 Å². The summed E-state index contributed by atoms with van der Waals surface area (Å²) in [5.41, 5.74) is 3.99. The summed E-state index contributed by atoms with van der Waals surface area (Å²) in [5.74, 6) is 0.192. The van der Waals surface area contributed by atoms with Crippen LogP contribution >= 0.6 is 15.9 Å². The Bertz CT molecular complexity index is 761.